The molecule has 1 aliphatic rings. The molecule has 0 aromatic rings. The van der Waals surface area contributed by atoms with Gasteiger partial charge in [-0.25, -0.2) is 8.42 Å². The summed E-state index contributed by atoms with van der Waals surface area (Å²) in [6.45, 7) is 3.97. The fourth-order valence-corrected chi connectivity index (χ4v) is 4.61. The Morgan fingerprint density at radius 2 is 1.89 bits per heavy atom. The lowest BCUT2D eigenvalue weighted by molar-refractivity contribution is -0.145. The average molecular weight is 290 g/mol. The molecule has 1 N–H and O–H groups in total. The highest BCUT2D eigenvalue weighted by molar-refractivity contribution is 7.91. The minimum atomic E-state index is -3.00. The van der Waals surface area contributed by atoms with Crippen LogP contribution in [0.4, 0.5) is 0 Å². The zero-order valence-electron chi connectivity index (χ0n) is 12.0. The zero-order chi connectivity index (χ0) is 14.5. The summed E-state index contributed by atoms with van der Waals surface area (Å²) < 4.78 is 23.5. The van der Waals surface area contributed by atoms with Crippen LogP contribution in [-0.2, 0) is 14.6 Å². The summed E-state index contributed by atoms with van der Waals surface area (Å²) in [5, 5.41) is 9.25. The van der Waals surface area contributed by atoms with Crippen LogP contribution in [0, 0.1) is 17.8 Å². The first-order valence-electron chi connectivity index (χ1n) is 7.32. The van der Waals surface area contributed by atoms with E-state index < -0.39 is 15.8 Å². The molecule has 5 heteroatoms. The molecule has 0 bridgehead atoms. The van der Waals surface area contributed by atoms with E-state index in [0.717, 1.165) is 19.3 Å². The Kier molecular flexibility index (Phi) is 6.30. The lowest BCUT2D eigenvalue weighted by atomic mass is 9.72. The Labute approximate surface area is 116 Å². The molecule has 112 valence electrons. The number of hydrogen-bond donors (Lipinski definition) is 1. The van der Waals surface area contributed by atoms with Gasteiger partial charge in [-0.15, -0.1) is 0 Å². The predicted octanol–water partition coefficient (Wildman–Crippen LogP) is 2.73. The first kappa shape index (κ1) is 16.5. The third-order valence-corrected chi connectivity index (χ3v) is 6.19. The van der Waals surface area contributed by atoms with Crippen LogP contribution in [0.25, 0.3) is 0 Å². The molecular formula is C14H26O4S. The number of carboxylic acid groups (broad SMARTS) is 1. The van der Waals surface area contributed by atoms with Crippen molar-refractivity contribution in [3.05, 3.63) is 0 Å². The average Bonchev–Trinajstić information content (AvgIpc) is 2.35. The molecule has 0 aliphatic heterocycles. The molecule has 0 spiro atoms. The van der Waals surface area contributed by atoms with Crippen LogP contribution >= 0.6 is 0 Å². The van der Waals surface area contributed by atoms with Gasteiger partial charge in [0.1, 0.15) is 9.84 Å². The molecule has 1 rings (SSSR count). The lowest BCUT2D eigenvalue weighted by Gasteiger charge is -2.33. The second kappa shape index (κ2) is 7.27. The monoisotopic (exact) mass is 290 g/mol. The van der Waals surface area contributed by atoms with E-state index >= 15 is 0 Å². The first-order valence-corrected chi connectivity index (χ1v) is 9.15. The molecule has 1 saturated carbocycles. The first-order chi connectivity index (χ1) is 8.89. The molecule has 19 heavy (non-hydrogen) atoms. The highest BCUT2D eigenvalue weighted by atomic mass is 32.2. The maximum absolute atomic E-state index is 11.8. The van der Waals surface area contributed by atoms with E-state index in [4.69, 9.17) is 0 Å². The molecule has 3 atom stereocenters. The van der Waals surface area contributed by atoms with E-state index in [9.17, 15) is 18.3 Å². The van der Waals surface area contributed by atoms with E-state index in [1.165, 1.54) is 0 Å². The van der Waals surface area contributed by atoms with E-state index in [0.29, 0.717) is 25.2 Å². The molecule has 4 nitrogen and oxygen atoms in total. The van der Waals surface area contributed by atoms with Gasteiger partial charge >= 0.3 is 5.97 Å². The number of hydrogen-bond acceptors (Lipinski definition) is 3. The SMILES string of the molecule is CCCS(=O)(=O)CCC1CC(CC)CCC1C(=O)O. The van der Waals surface area contributed by atoms with Crippen molar-refractivity contribution in [2.75, 3.05) is 11.5 Å². The van der Waals surface area contributed by atoms with E-state index in [2.05, 4.69) is 6.92 Å². The summed E-state index contributed by atoms with van der Waals surface area (Å²) >= 11 is 0. The van der Waals surface area contributed by atoms with Gasteiger partial charge in [0, 0.05) is 5.75 Å². The summed E-state index contributed by atoms with van der Waals surface area (Å²) in [6, 6.07) is 0. The Morgan fingerprint density at radius 1 is 1.21 bits per heavy atom. The van der Waals surface area contributed by atoms with Gasteiger partial charge in [0.25, 0.3) is 0 Å². The Balaban J connectivity index is 2.62. The third-order valence-electron chi connectivity index (χ3n) is 4.30. The molecule has 0 saturated heterocycles. The van der Waals surface area contributed by atoms with Crippen LogP contribution in [0.3, 0.4) is 0 Å². The molecule has 0 amide bonds. The molecular weight excluding hydrogens is 264 g/mol. The van der Waals surface area contributed by atoms with E-state index in [-0.39, 0.29) is 23.3 Å². The van der Waals surface area contributed by atoms with Gasteiger partial charge in [-0.3, -0.25) is 4.79 Å². The minimum absolute atomic E-state index is 0.0304. The van der Waals surface area contributed by atoms with Crippen LogP contribution < -0.4 is 0 Å². The molecule has 1 fully saturated rings. The van der Waals surface area contributed by atoms with E-state index in [1.54, 1.807) is 0 Å². The number of rotatable bonds is 7. The normalized spacial score (nSPS) is 28.2. The van der Waals surface area contributed by atoms with Gasteiger partial charge in [-0.2, -0.15) is 0 Å². The van der Waals surface area contributed by atoms with E-state index in [1.807, 2.05) is 6.92 Å². The van der Waals surface area contributed by atoms with Crippen LogP contribution in [0.1, 0.15) is 52.4 Å². The van der Waals surface area contributed by atoms with Gasteiger partial charge in [0.05, 0.1) is 11.7 Å². The second-order valence-corrected chi connectivity index (χ2v) is 8.04. The Hall–Kier alpha value is -0.580. The predicted molar refractivity (Wildman–Crippen MR) is 75.8 cm³/mol. The molecule has 0 heterocycles. The summed E-state index contributed by atoms with van der Waals surface area (Å²) in [4.78, 5) is 11.3. The van der Waals surface area contributed by atoms with Crippen molar-refractivity contribution < 1.29 is 18.3 Å². The van der Waals surface area contributed by atoms with Crippen LogP contribution in [-0.4, -0.2) is 31.0 Å². The molecule has 0 aromatic carbocycles. The molecule has 1 aliphatic carbocycles. The van der Waals surface area contributed by atoms with Gasteiger partial charge in [-0.05, 0) is 43.9 Å². The highest BCUT2D eigenvalue weighted by Crippen LogP contribution is 2.37. The van der Waals surface area contributed by atoms with Crippen molar-refractivity contribution in [3.63, 3.8) is 0 Å². The number of carboxylic acids is 1. The van der Waals surface area contributed by atoms with Crippen LogP contribution in [0.5, 0.6) is 0 Å². The Morgan fingerprint density at radius 3 is 2.42 bits per heavy atom. The maximum atomic E-state index is 11.8. The van der Waals surface area contributed by atoms with Crippen molar-refractivity contribution in [1.82, 2.24) is 0 Å². The summed E-state index contributed by atoms with van der Waals surface area (Å²) in [7, 11) is -3.00. The highest BCUT2D eigenvalue weighted by Gasteiger charge is 2.34. The molecule has 0 radical (unpaired) electrons. The van der Waals surface area contributed by atoms with Crippen molar-refractivity contribution in [2.24, 2.45) is 17.8 Å². The number of carbonyl (C=O) groups is 1. The smallest absolute Gasteiger partial charge is 0.306 e. The van der Waals surface area contributed by atoms with Gasteiger partial charge < -0.3 is 5.11 Å². The minimum Gasteiger partial charge on any atom is -0.481 e. The number of aliphatic carboxylic acids is 1. The van der Waals surface area contributed by atoms with Crippen molar-refractivity contribution >= 4 is 15.8 Å². The van der Waals surface area contributed by atoms with Crippen LogP contribution in [0.2, 0.25) is 0 Å². The summed E-state index contributed by atoms with van der Waals surface area (Å²) in [6.07, 6.45) is 4.74. The van der Waals surface area contributed by atoms with Gasteiger partial charge in [0.2, 0.25) is 0 Å². The third kappa shape index (κ3) is 5.13. The number of sulfone groups is 1. The maximum Gasteiger partial charge on any atom is 0.306 e. The fourth-order valence-electron chi connectivity index (χ4n) is 3.12. The topological polar surface area (TPSA) is 71.4 Å². The fraction of sp³-hybridized carbons (Fsp3) is 0.929. The quantitative estimate of drug-likeness (QED) is 0.782. The van der Waals surface area contributed by atoms with Gasteiger partial charge in [-0.1, -0.05) is 20.3 Å². The zero-order valence-corrected chi connectivity index (χ0v) is 12.8. The summed E-state index contributed by atoms with van der Waals surface area (Å²) in [5.74, 6) is -0.148. The van der Waals surface area contributed by atoms with Gasteiger partial charge in [0.15, 0.2) is 0 Å². The van der Waals surface area contributed by atoms with Crippen molar-refractivity contribution in [3.8, 4) is 0 Å². The lowest BCUT2D eigenvalue weighted by Crippen LogP contribution is -2.32. The largest absolute Gasteiger partial charge is 0.481 e. The molecule has 0 aromatic heterocycles. The molecule has 3 unspecified atom stereocenters. The standard InChI is InChI=1S/C14H26O4S/c1-3-8-19(17,18)9-7-12-10-11(4-2)5-6-13(12)14(15)16/h11-13H,3-10H2,1-2H3,(H,15,16). The second-order valence-electron chi connectivity index (χ2n) is 5.73. The Bertz CT molecular complexity index is 388. The van der Waals surface area contributed by atoms with Crippen molar-refractivity contribution in [1.29, 1.82) is 0 Å². The van der Waals surface area contributed by atoms with Crippen molar-refractivity contribution in [2.45, 2.75) is 52.4 Å². The van der Waals surface area contributed by atoms with Crippen LogP contribution in [0.15, 0.2) is 0 Å². The summed E-state index contributed by atoms with van der Waals surface area (Å²) in [5.41, 5.74) is 0.